The van der Waals surface area contributed by atoms with Crippen LogP contribution in [0.3, 0.4) is 0 Å². The summed E-state index contributed by atoms with van der Waals surface area (Å²) in [5.74, 6) is -0.451. The van der Waals surface area contributed by atoms with Crippen molar-refractivity contribution in [3.63, 3.8) is 0 Å². The normalized spacial score (nSPS) is 18.5. The van der Waals surface area contributed by atoms with E-state index in [9.17, 15) is 13.2 Å². The van der Waals surface area contributed by atoms with Crippen LogP contribution in [-0.4, -0.2) is 26.1 Å². The fraction of sp³-hybridized carbons (Fsp3) is 0.167. The third-order valence-electron chi connectivity index (χ3n) is 3.88. The zero-order valence-corrected chi connectivity index (χ0v) is 14.6. The molecule has 0 radical (unpaired) electrons. The van der Waals surface area contributed by atoms with Crippen LogP contribution < -0.4 is 4.90 Å². The largest absolute Gasteiger partial charge is 0.300 e. The Morgan fingerprint density at radius 1 is 1.12 bits per heavy atom. The first-order valence-corrected chi connectivity index (χ1v) is 9.52. The first kappa shape index (κ1) is 16.7. The van der Waals surface area contributed by atoms with Crippen molar-refractivity contribution in [3.8, 4) is 0 Å². The van der Waals surface area contributed by atoms with Crippen LogP contribution in [0, 0.1) is 6.92 Å². The van der Waals surface area contributed by atoms with Gasteiger partial charge in [-0.05, 0) is 37.3 Å². The molecule has 0 saturated carbocycles. The van der Waals surface area contributed by atoms with Crippen molar-refractivity contribution in [1.82, 2.24) is 0 Å². The number of benzene rings is 2. The van der Waals surface area contributed by atoms with Gasteiger partial charge in [0.25, 0.3) is 5.91 Å². The van der Waals surface area contributed by atoms with E-state index in [-0.39, 0.29) is 11.7 Å². The van der Waals surface area contributed by atoms with Gasteiger partial charge in [-0.3, -0.25) is 4.79 Å². The molecule has 1 aliphatic heterocycles. The summed E-state index contributed by atoms with van der Waals surface area (Å²) in [4.78, 5) is 14.5. The maximum atomic E-state index is 13.1. The molecule has 6 heteroatoms. The third kappa shape index (κ3) is 3.37. The minimum absolute atomic E-state index is 0.128. The van der Waals surface area contributed by atoms with Crippen LogP contribution in [0.4, 0.5) is 5.69 Å². The molecule has 1 amide bonds. The van der Waals surface area contributed by atoms with Gasteiger partial charge in [0, 0.05) is 11.1 Å². The second kappa shape index (κ2) is 6.42. The Morgan fingerprint density at radius 3 is 2.38 bits per heavy atom. The van der Waals surface area contributed by atoms with Gasteiger partial charge in [0.1, 0.15) is 0 Å². The van der Waals surface area contributed by atoms with Crippen LogP contribution in [0.25, 0.3) is 0 Å². The monoisotopic (exact) mass is 361 g/mol. The van der Waals surface area contributed by atoms with E-state index in [1.807, 2.05) is 31.2 Å². The highest BCUT2D eigenvalue weighted by Gasteiger charge is 2.32. The predicted molar refractivity (Wildman–Crippen MR) is 96.2 cm³/mol. The van der Waals surface area contributed by atoms with Crippen molar-refractivity contribution >= 4 is 33.0 Å². The van der Waals surface area contributed by atoms with Crippen LogP contribution in [0.2, 0.25) is 5.02 Å². The van der Waals surface area contributed by atoms with Gasteiger partial charge in [-0.1, -0.05) is 41.4 Å². The number of carbonyl (C=O) groups is 1. The van der Waals surface area contributed by atoms with E-state index in [1.165, 1.54) is 10.3 Å². The van der Waals surface area contributed by atoms with E-state index < -0.39 is 15.9 Å². The van der Waals surface area contributed by atoms with E-state index in [0.29, 0.717) is 16.3 Å². The van der Waals surface area contributed by atoms with Gasteiger partial charge < -0.3 is 4.90 Å². The van der Waals surface area contributed by atoms with Crippen LogP contribution in [0.1, 0.15) is 15.9 Å². The molecule has 0 saturated heterocycles. The van der Waals surface area contributed by atoms with Crippen LogP contribution in [-0.2, 0) is 9.84 Å². The summed E-state index contributed by atoms with van der Waals surface area (Å²) in [6.45, 7) is 1.95. The lowest BCUT2D eigenvalue weighted by molar-refractivity contribution is 0.0983. The zero-order valence-electron chi connectivity index (χ0n) is 13.0. The van der Waals surface area contributed by atoms with Crippen LogP contribution in [0.15, 0.2) is 60.0 Å². The topological polar surface area (TPSA) is 54.5 Å². The lowest BCUT2D eigenvalue weighted by Gasteiger charge is -2.28. The Bertz CT molecular complexity index is 904. The van der Waals surface area contributed by atoms with E-state index in [4.69, 9.17) is 11.6 Å². The maximum Gasteiger partial charge on any atom is 0.260 e. The number of anilines is 1. The molecule has 0 aromatic heterocycles. The van der Waals surface area contributed by atoms with Gasteiger partial charge in [-0.25, -0.2) is 8.42 Å². The number of hydrogen-bond acceptors (Lipinski definition) is 3. The van der Waals surface area contributed by atoms with Crippen molar-refractivity contribution in [2.45, 2.75) is 13.0 Å². The predicted octanol–water partition coefficient (Wildman–Crippen LogP) is 3.61. The number of carbonyl (C=O) groups excluding carboxylic acids is 1. The molecule has 1 atom stereocenters. The number of hydrogen-bond donors (Lipinski definition) is 0. The standard InChI is InChI=1S/C18H16ClNO3S/c1-13-6-8-14(9-7-13)20(15-10-11-24(22,23)12-15)18(21)16-4-2-3-5-17(16)19/h2-11,15H,12H2,1H3. The highest BCUT2D eigenvalue weighted by Crippen LogP contribution is 2.27. The van der Waals surface area contributed by atoms with Crippen molar-refractivity contribution < 1.29 is 13.2 Å². The minimum Gasteiger partial charge on any atom is -0.300 e. The molecule has 2 aromatic rings. The van der Waals surface area contributed by atoms with Crippen molar-refractivity contribution in [2.24, 2.45) is 0 Å². The molecule has 2 aromatic carbocycles. The molecule has 1 heterocycles. The quantitative estimate of drug-likeness (QED) is 0.839. The summed E-state index contributed by atoms with van der Waals surface area (Å²) < 4.78 is 23.6. The van der Waals surface area contributed by atoms with Gasteiger partial charge in [0.05, 0.1) is 22.4 Å². The van der Waals surface area contributed by atoms with E-state index in [0.717, 1.165) is 5.56 Å². The summed E-state index contributed by atoms with van der Waals surface area (Å²) in [5, 5.41) is 1.50. The number of halogens is 1. The SMILES string of the molecule is Cc1ccc(N(C(=O)c2ccccc2Cl)C2C=CS(=O)(=O)C2)cc1. The van der Waals surface area contributed by atoms with Crippen LogP contribution in [0.5, 0.6) is 0 Å². The number of nitrogens with zero attached hydrogens (tertiary/aromatic N) is 1. The summed E-state index contributed by atoms with van der Waals surface area (Å²) in [6, 6.07) is 13.6. The molecule has 124 valence electrons. The molecule has 0 bridgehead atoms. The van der Waals surface area contributed by atoms with Crippen molar-refractivity contribution in [2.75, 3.05) is 10.7 Å². The highest BCUT2D eigenvalue weighted by atomic mass is 35.5. The third-order valence-corrected chi connectivity index (χ3v) is 5.59. The summed E-state index contributed by atoms with van der Waals surface area (Å²) in [7, 11) is -3.29. The summed E-state index contributed by atoms with van der Waals surface area (Å²) >= 11 is 6.15. The lowest BCUT2D eigenvalue weighted by Crippen LogP contribution is -2.41. The fourth-order valence-corrected chi connectivity index (χ4v) is 4.13. The van der Waals surface area contributed by atoms with Crippen LogP contribution >= 0.6 is 11.6 Å². The molecule has 1 aliphatic rings. The van der Waals surface area contributed by atoms with E-state index >= 15 is 0 Å². The van der Waals surface area contributed by atoms with Gasteiger partial charge in [0.15, 0.2) is 9.84 Å². The number of aryl methyl sites for hydroxylation is 1. The summed E-state index contributed by atoms with van der Waals surface area (Å²) in [6.07, 6.45) is 1.55. The number of amides is 1. The Kier molecular flexibility index (Phi) is 4.47. The van der Waals surface area contributed by atoms with Gasteiger partial charge in [-0.15, -0.1) is 0 Å². The molecule has 0 aliphatic carbocycles. The number of sulfone groups is 1. The second-order valence-electron chi connectivity index (χ2n) is 5.72. The fourth-order valence-electron chi connectivity index (χ4n) is 2.65. The van der Waals surface area contributed by atoms with E-state index in [2.05, 4.69) is 0 Å². The Balaban J connectivity index is 2.05. The molecule has 0 N–H and O–H groups in total. The Morgan fingerprint density at radius 2 is 1.79 bits per heavy atom. The average molecular weight is 362 g/mol. The van der Waals surface area contributed by atoms with Gasteiger partial charge in [-0.2, -0.15) is 0 Å². The number of rotatable bonds is 3. The molecule has 0 fully saturated rings. The zero-order chi connectivity index (χ0) is 17.3. The molecule has 24 heavy (non-hydrogen) atoms. The maximum absolute atomic E-state index is 13.1. The van der Waals surface area contributed by atoms with Crippen molar-refractivity contribution in [1.29, 1.82) is 0 Å². The second-order valence-corrected chi connectivity index (χ2v) is 8.05. The molecular formula is C18H16ClNO3S. The van der Waals surface area contributed by atoms with Crippen molar-refractivity contribution in [3.05, 3.63) is 76.2 Å². The first-order chi connectivity index (χ1) is 11.4. The average Bonchev–Trinajstić information content (AvgIpc) is 2.89. The smallest absolute Gasteiger partial charge is 0.260 e. The molecular weight excluding hydrogens is 346 g/mol. The molecule has 4 nitrogen and oxygen atoms in total. The Hall–Kier alpha value is -2.11. The Labute approximate surface area is 146 Å². The molecule has 1 unspecified atom stereocenters. The first-order valence-electron chi connectivity index (χ1n) is 7.43. The molecule has 0 spiro atoms. The molecule has 3 rings (SSSR count). The van der Waals surface area contributed by atoms with Gasteiger partial charge >= 0.3 is 0 Å². The summed E-state index contributed by atoms with van der Waals surface area (Å²) in [5.41, 5.74) is 2.04. The lowest BCUT2D eigenvalue weighted by atomic mass is 10.1. The minimum atomic E-state index is -3.29. The van der Waals surface area contributed by atoms with Gasteiger partial charge in [0.2, 0.25) is 0 Å². The highest BCUT2D eigenvalue weighted by molar-refractivity contribution is 7.94. The van der Waals surface area contributed by atoms with E-state index in [1.54, 1.807) is 30.3 Å².